The number of carbonyl (C=O) groups is 1. The number of hydrogen-bond acceptors (Lipinski definition) is 5. The average Bonchev–Trinajstić information content (AvgIpc) is 3.03. The summed E-state index contributed by atoms with van der Waals surface area (Å²) in [6, 6.07) is 12.7. The zero-order valence-electron chi connectivity index (χ0n) is 12.2. The number of rotatable bonds is 5. The first-order valence-corrected chi connectivity index (χ1v) is 6.96. The summed E-state index contributed by atoms with van der Waals surface area (Å²) in [6.45, 7) is 0.505. The molecule has 0 N–H and O–H groups in total. The lowest BCUT2D eigenvalue weighted by Gasteiger charge is -2.06. The molecule has 114 valence electrons. The third-order valence-electron chi connectivity index (χ3n) is 3.39. The van der Waals surface area contributed by atoms with Gasteiger partial charge in [-0.15, -0.1) is 0 Å². The highest BCUT2D eigenvalue weighted by Crippen LogP contribution is 2.32. The molecule has 0 saturated carbocycles. The van der Waals surface area contributed by atoms with Gasteiger partial charge < -0.3 is 18.9 Å². The molecule has 1 aliphatic rings. The standard InChI is InChI=1S/C17H16O5/c1-19-14-5-2-12(3-6-14)8-9-20-17(18)13-4-7-15-16(10-13)22-11-21-15/h2-7,10H,8-9,11H2,1H3. The molecular formula is C17H16O5. The zero-order valence-corrected chi connectivity index (χ0v) is 12.2. The van der Waals surface area contributed by atoms with E-state index in [1.165, 1.54) is 0 Å². The van der Waals surface area contributed by atoms with Crippen molar-refractivity contribution in [1.82, 2.24) is 0 Å². The number of fused-ring (bicyclic) bond motifs is 1. The van der Waals surface area contributed by atoms with Gasteiger partial charge in [0, 0.05) is 6.42 Å². The SMILES string of the molecule is COc1ccc(CCOC(=O)c2ccc3c(c2)OCO3)cc1. The molecule has 22 heavy (non-hydrogen) atoms. The molecule has 2 aromatic carbocycles. The van der Waals surface area contributed by atoms with Crippen LogP contribution in [0.25, 0.3) is 0 Å². The second-order valence-corrected chi connectivity index (χ2v) is 4.80. The zero-order chi connectivity index (χ0) is 15.4. The highest BCUT2D eigenvalue weighted by atomic mass is 16.7. The summed E-state index contributed by atoms with van der Waals surface area (Å²) >= 11 is 0. The quantitative estimate of drug-likeness (QED) is 0.795. The first kappa shape index (κ1) is 14.3. The van der Waals surface area contributed by atoms with E-state index in [9.17, 15) is 4.79 Å². The van der Waals surface area contributed by atoms with Crippen LogP contribution < -0.4 is 14.2 Å². The van der Waals surface area contributed by atoms with E-state index in [1.807, 2.05) is 24.3 Å². The summed E-state index contributed by atoms with van der Waals surface area (Å²) in [6.07, 6.45) is 0.653. The van der Waals surface area contributed by atoms with Gasteiger partial charge in [-0.2, -0.15) is 0 Å². The number of ether oxygens (including phenoxy) is 4. The summed E-state index contributed by atoms with van der Waals surface area (Å²) in [5.41, 5.74) is 1.54. The Hall–Kier alpha value is -2.69. The smallest absolute Gasteiger partial charge is 0.338 e. The monoisotopic (exact) mass is 300 g/mol. The summed E-state index contributed by atoms with van der Waals surface area (Å²) in [5.74, 6) is 1.66. The predicted molar refractivity (Wildman–Crippen MR) is 79.5 cm³/mol. The number of esters is 1. The fourth-order valence-electron chi connectivity index (χ4n) is 2.16. The maximum atomic E-state index is 12.0. The van der Waals surface area contributed by atoms with Gasteiger partial charge in [-0.1, -0.05) is 12.1 Å². The lowest BCUT2D eigenvalue weighted by molar-refractivity contribution is 0.0509. The normalized spacial score (nSPS) is 12.0. The van der Waals surface area contributed by atoms with Gasteiger partial charge in [-0.3, -0.25) is 0 Å². The lowest BCUT2D eigenvalue weighted by atomic mass is 10.1. The van der Waals surface area contributed by atoms with Gasteiger partial charge in [0.25, 0.3) is 0 Å². The van der Waals surface area contributed by atoms with Crippen LogP contribution in [0.4, 0.5) is 0 Å². The van der Waals surface area contributed by atoms with Crippen LogP contribution in [0.1, 0.15) is 15.9 Å². The topological polar surface area (TPSA) is 54.0 Å². The number of hydrogen-bond donors (Lipinski definition) is 0. The van der Waals surface area contributed by atoms with Crippen molar-refractivity contribution in [2.75, 3.05) is 20.5 Å². The van der Waals surface area contributed by atoms with Crippen molar-refractivity contribution in [1.29, 1.82) is 0 Å². The van der Waals surface area contributed by atoms with Crippen LogP contribution >= 0.6 is 0 Å². The molecule has 1 heterocycles. The fourth-order valence-corrected chi connectivity index (χ4v) is 2.16. The Morgan fingerprint density at radius 1 is 1.09 bits per heavy atom. The van der Waals surface area contributed by atoms with Gasteiger partial charge in [0.05, 0.1) is 19.3 Å². The minimum absolute atomic E-state index is 0.186. The van der Waals surface area contributed by atoms with E-state index in [-0.39, 0.29) is 12.8 Å². The maximum Gasteiger partial charge on any atom is 0.338 e. The van der Waals surface area contributed by atoms with E-state index in [0.717, 1.165) is 11.3 Å². The van der Waals surface area contributed by atoms with E-state index in [1.54, 1.807) is 25.3 Å². The van der Waals surface area contributed by atoms with Crippen molar-refractivity contribution < 1.29 is 23.7 Å². The Labute approximate surface area is 128 Å². The molecule has 5 nitrogen and oxygen atoms in total. The highest BCUT2D eigenvalue weighted by Gasteiger charge is 2.16. The first-order valence-electron chi connectivity index (χ1n) is 6.96. The predicted octanol–water partition coefficient (Wildman–Crippen LogP) is 2.82. The molecule has 0 spiro atoms. The van der Waals surface area contributed by atoms with Crippen molar-refractivity contribution in [3.8, 4) is 17.2 Å². The van der Waals surface area contributed by atoms with E-state index in [0.29, 0.717) is 30.1 Å². The molecule has 0 fully saturated rings. The van der Waals surface area contributed by atoms with Crippen LogP contribution in [0, 0.1) is 0 Å². The van der Waals surface area contributed by atoms with E-state index >= 15 is 0 Å². The molecule has 0 bridgehead atoms. The highest BCUT2D eigenvalue weighted by molar-refractivity contribution is 5.90. The molecule has 0 aromatic heterocycles. The van der Waals surface area contributed by atoms with Crippen LogP contribution in [0.5, 0.6) is 17.2 Å². The van der Waals surface area contributed by atoms with Crippen molar-refractivity contribution in [3.63, 3.8) is 0 Å². The minimum atomic E-state index is -0.369. The Morgan fingerprint density at radius 3 is 2.64 bits per heavy atom. The summed E-state index contributed by atoms with van der Waals surface area (Å²) < 4.78 is 20.8. The summed E-state index contributed by atoms with van der Waals surface area (Å²) in [5, 5.41) is 0. The van der Waals surface area contributed by atoms with Crippen LogP contribution in [-0.2, 0) is 11.2 Å². The van der Waals surface area contributed by atoms with Crippen molar-refractivity contribution >= 4 is 5.97 Å². The molecule has 0 saturated heterocycles. The molecule has 5 heteroatoms. The third kappa shape index (κ3) is 3.14. The van der Waals surface area contributed by atoms with E-state index < -0.39 is 0 Å². The van der Waals surface area contributed by atoms with Crippen LogP contribution in [0.15, 0.2) is 42.5 Å². The Balaban J connectivity index is 1.53. The largest absolute Gasteiger partial charge is 0.497 e. The van der Waals surface area contributed by atoms with Gasteiger partial charge >= 0.3 is 5.97 Å². The van der Waals surface area contributed by atoms with Gasteiger partial charge in [-0.05, 0) is 35.9 Å². The number of methoxy groups -OCH3 is 1. The molecule has 0 unspecified atom stereocenters. The van der Waals surface area contributed by atoms with E-state index in [2.05, 4.69) is 0 Å². The molecule has 1 aliphatic heterocycles. The molecule has 0 aliphatic carbocycles. The second kappa shape index (κ2) is 6.39. The van der Waals surface area contributed by atoms with Crippen LogP contribution in [0.2, 0.25) is 0 Å². The third-order valence-corrected chi connectivity index (χ3v) is 3.39. The van der Waals surface area contributed by atoms with Crippen molar-refractivity contribution in [2.45, 2.75) is 6.42 Å². The lowest BCUT2D eigenvalue weighted by Crippen LogP contribution is -2.08. The Kier molecular flexibility index (Phi) is 4.14. The molecular weight excluding hydrogens is 284 g/mol. The van der Waals surface area contributed by atoms with Crippen molar-refractivity contribution in [2.24, 2.45) is 0 Å². The molecule has 3 rings (SSSR count). The van der Waals surface area contributed by atoms with Gasteiger partial charge in [0.1, 0.15) is 5.75 Å². The van der Waals surface area contributed by atoms with Crippen LogP contribution in [0.3, 0.4) is 0 Å². The van der Waals surface area contributed by atoms with Crippen molar-refractivity contribution in [3.05, 3.63) is 53.6 Å². The molecule has 2 aromatic rings. The maximum absolute atomic E-state index is 12.0. The van der Waals surface area contributed by atoms with E-state index in [4.69, 9.17) is 18.9 Å². The van der Waals surface area contributed by atoms with Gasteiger partial charge in [-0.25, -0.2) is 4.79 Å². The molecule has 0 amide bonds. The molecule has 0 atom stereocenters. The Bertz CT molecular complexity index is 663. The Morgan fingerprint density at radius 2 is 1.86 bits per heavy atom. The first-order chi connectivity index (χ1) is 10.8. The fraction of sp³-hybridized carbons (Fsp3) is 0.235. The number of benzene rings is 2. The number of carbonyl (C=O) groups excluding carboxylic acids is 1. The van der Waals surface area contributed by atoms with Gasteiger partial charge in [0.2, 0.25) is 6.79 Å². The summed E-state index contributed by atoms with van der Waals surface area (Å²) in [4.78, 5) is 12.0. The average molecular weight is 300 g/mol. The molecule has 0 radical (unpaired) electrons. The van der Waals surface area contributed by atoms with Crippen LogP contribution in [-0.4, -0.2) is 26.5 Å². The summed E-state index contributed by atoms with van der Waals surface area (Å²) in [7, 11) is 1.63. The second-order valence-electron chi connectivity index (χ2n) is 4.80. The van der Waals surface area contributed by atoms with Gasteiger partial charge in [0.15, 0.2) is 11.5 Å². The minimum Gasteiger partial charge on any atom is -0.497 e.